The topological polar surface area (TPSA) is 86.9 Å². The van der Waals surface area contributed by atoms with E-state index in [1.807, 2.05) is 0 Å². The van der Waals surface area contributed by atoms with Crippen molar-refractivity contribution in [3.8, 4) is 5.69 Å². The minimum absolute atomic E-state index is 0.0192. The van der Waals surface area contributed by atoms with Gasteiger partial charge in [-0.2, -0.15) is 18.3 Å². The molecule has 0 aliphatic heterocycles. The Morgan fingerprint density at radius 3 is 2.45 bits per heavy atom. The van der Waals surface area contributed by atoms with E-state index in [4.69, 9.17) is 23.1 Å². The van der Waals surface area contributed by atoms with Crippen molar-refractivity contribution in [2.45, 2.75) is 6.18 Å². The van der Waals surface area contributed by atoms with Gasteiger partial charge in [-0.1, -0.05) is 11.6 Å². The summed E-state index contributed by atoms with van der Waals surface area (Å²) in [5.74, 6) is -0.852. The highest BCUT2D eigenvalue weighted by Crippen LogP contribution is 2.36. The molecule has 2 rings (SSSR count). The number of nitrogens with two attached hydrogens (primary N) is 2. The molecule has 0 saturated heterocycles. The number of halogens is 4. The molecule has 1 aromatic carbocycles. The van der Waals surface area contributed by atoms with Crippen molar-refractivity contribution in [2.24, 2.45) is 5.73 Å². The average Bonchev–Trinajstić information content (AvgIpc) is 2.71. The summed E-state index contributed by atoms with van der Waals surface area (Å²) in [5, 5.41) is 3.30. The number of hydrogen-bond donors (Lipinski definition) is 2. The first-order valence-corrected chi connectivity index (χ1v) is 5.60. The van der Waals surface area contributed by atoms with E-state index in [9.17, 15) is 18.0 Å². The summed E-state index contributed by atoms with van der Waals surface area (Å²) < 4.78 is 39.3. The smallest absolute Gasteiger partial charge is 0.384 e. The van der Waals surface area contributed by atoms with Gasteiger partial charge in [0.05, 0.1) is 16.3 Å². The Balaban J connectivity index is 2.57. The molecular weight excluding hydrogens is 297 g/mol. The van der Waals surface area contributed by atoms with Gasteiger partial charge in [0, 0.05) is 6.07 Å². The molecule has 0 bridgehead atoms. The summed E-state index contributed by atoms with van der Waals surface area (Å²) in [6, 6.07) is 4.33. The summed E-state index contributed by atoms with van der Waals surface area (Å²) in [7, 11) is 0. The molecule has 0 radical (unpaired) electrons. The second-order valence-electron chi connectivity index (χ2n) is 3.89. The molecule has 1 amide bonds. The van der Waals surface area contributed by atoms with Crippen molar-refractivity contribution in [1.82, 2.24) is 9.78 Å². The largest absolute Gasteiger partial charge is 0.417 e. The third-order valence-corrected chi connectivity index (χ3v) is 2.82. The van der Waals surface area contributed by atoms with Crippen LogP contribution in [0.4, 0.5) is 19.0 Å². The molecule has 0 spiro atoms. The number of nitrogen functional groups attached to an aromatic ring is 1. The summed E-state index contributed by atoms with van der Waals surface area (Å²) in [5.41, 5.74) is 9.46. The Labute approximate surface area is 115 Å². The van der Waals surface area contributed by atoms with Crippen LogP contribution in [-0.4, -0.2) is 15.7 Å². The third kappa shape index (κ3) is 2.55. The highest BCUT2D eigenvalue weighted by molar-refractivity contribution is 6.31. The molecule has 1 aromatic heterocycles. The van der Waals surface area contributed by atoms with Crippen molar-refractivity contribution in [3.63, 3.8) is 0 Å². The number of amides is 1. The second kappa shape index (κ2) is 4.71. The number of benzene rings is 1. The van der Waals surface area contributed by atoms with E-state index in [2.05, 4.69) is 5.10 Å². The van der Waals surface area contributed by atoms with E-state index < -0.39 is 22.7 Å². The number of alkyl halides is 3. The molecule has 0 atom stereocenters. The van der Waals surface area contributed by atoms with Crippen LogP contribution in [0.3, 0.4) is 0 Å². The van der Waals surface area contributed by atoms with Crippen molar-refractivity contribution < 1.29 is 18.0 Å². The molecular formula is C11H8ClF3N4O. The molecule has 0 aliphatic rings. The van der Waals surface area contributed by atoms with Gasteiger partial charge in [0.1, 0.15) is 5.82 Å². The Bertz CT molecular complexity index is 681. The minimum atomic E-state index is -4.61. The first-order valence-electron chi connectivity index (χ1n) is 5.22. The van der Waals surface area contributed by atoms with Crippen LogP contribution < -0.4 is 11.5 Å². The Hall–Kier alpha value is -2.22. The highest BCUT2D eigenvalue weighted by atomic mass is 35.5. The SMILES string of the molecule is NC(=O)c1cc(N)n(-c2ccc(Cl)c(C(F)(F)F)c2)n1. The number of anilines is 1. The minimum Gasteiger partial charge on any atom is -0.384 e. The predicted octanol–water partition coefficient (Wildman–Crippen LogP) is 2.23. The van der Waals surface area contributed by atoms with Gasteiger partial charge in [0.15, 0.2) is 5.69 Å². The normalized spacial score (nSPS) is 11.6. The van der Waals surface area contributed by atoms with Gasteiger partial charge in [0.2, 0.25) is 0 Å². The van der Waals surface area contributed by atoms with Crippen molar-refractivity contribution in [2.75, 3.05) is 5.73 Å². The molecule has 0 unspecified atom stereocenters. The van der Waals surface area contributed by atoms with Crippen LogP contribution in [0.5, 0.6) is 0 Å². The van der Waals surface area contributed by atoms with E-state index in [0.29, 0.717) is 0 Å². The van der Waals surface area contributed by atoms with Crippen molar-refractivity contribution in [3.05, 3.63) is 40.5 Å². The monoisotopic (exact) mass is 304 g/mol. The molecule has 4 N–H and O–H groups in total. The lowest BCUT2D eigenvalue weighted by Crippen LogP contribution is -2.12. The zero-order valence-corrected chi connectivity index (χ0v) is 10.5. The summed E-state index contributed by atoms with van der Waals surface area (Å²) in [4.78, 5) is 11.0. The van der Waals surface area contributed by atoms with E-state index in [1.165, 1.54) is 12.1 Å². The lowest BCUT2D eigenvalue weighted by molar-refractivity contribution is -0.137. The highest BCUT2D eigenvalue weighted by Gasteiger charge is 2.33. The van der Waals surface area contributed by atoms with Crippen LogP contribution in [0.2, 0.25) is 5.02 Å². The Morgan fingerprint density at radius 1 is 1.30 bits per heavy atom. The van der Waals surface area contributed by atoms with Gasteiger partial charge in [-0.25, -0.2) is 4.68 Å². The van der Waals surface area contributed by atoms with Gasteiger partial charge in [-0.05, 0) is 18.2 Å². The molecule has 9 heteroatoms. The zero-order chi connectivity index (χ0) is 15.1. The van der Waals surface area contributed by atoms with E-state index in [0.717, 1.165) is 16.8 Å². The van der Waals surface area contributed by atoms with Gasteiger partial charge >= 0.3 is 6.18 Å². The summed E-state index contributed by atoms with van der Waals surface area (Å²) in [6.45, 7) is 0. The van der Waals surface area contributed by atoms with Crippen molar-refractivity contribution >= 4 is 23.3 Å². The number of aromatic nitrogens is 2. The Kier molecular flexibility index (Phi) is 3.34. The van der Waals surface area contributed by atoms with Crippen LogP contribution in [0.25, 0.3) is 5.69 Å². The maximum absolute atomic E-state index is 12.8. The lowest BCUT2D eigenvalue weighted by Gasteiger charge is -2.11. The zero-order valence-electron chi connectivity index (χ0n) is 9.78. The molecule has 0 aliphatic carbocycles. The molecule has 1 heterocycles. The fourth-order valence-electron chi connectivity index (χ4n) is 1.59. The summed E-state index contributed by atoms with van der Waals surface area (Å²) in [6.07, 6.45) is -4.61. The lowest BCUT2D eigenvalue weighted by atomic mass is 10.2. The number of carbonyl (C=O) groups excluding carboxylic acids is 1. The number of nitrogens with zero attached hydrogens (tertiary/aromatic N) is 2. The fraction of sp³-hybridized carbons (Fsp3) is 0.0909. The molecule has 0 saturated carbocycles. The number of carbonyl (C=O) groups is 1. The van der Waals surface area contributed by atoms with Crippen LogP contribution in [0.15, 0.2) is 24.3 Å². The van der Waals surface area contributed by atoms with E-state index in [-0.39, 0.29) is 17.2 Å². The van der Waals surface area contributed by atoms with Gasteiger partial charge in [-0.15, -0.1) is 0 Å². The maximum Gasteiger partial charge on any atom is 0.417 e. The first kappa shape index (κ1) is 14.2. The number of rotatable bonds is 2. The van der Waals surface area contributed by atoms with Crippen LogP contribution >= 0.6 is 11.6 Å². The molecule has 2 aromatic rings. The molecule has 20 heavy (non-hydrogen) atoms. The van der Waals surface area contributed by atoms with Crippen molar-refractivity contribution in [1.29, 1.82) is 0 Å². The maximum atomic E-state index is 12.8. The Morgan fingerprint density at radius 2 is 1.95 bits per heavy atom. The van der Waals surface area contributed by atoms with Gasteiger partial charge in [-0.3, -0.25) is 4.79 Å². The van der Waals surface area contributed by atoms with Gasteiger partial charge < -0.3 is 11.5 Å². The van der Waals surface area contributed by atoms with Crippen LogP contribution in [0.1, 0.15) is 16.1 Å². The quantitative estimate of drug-likeness (QED) is 0.892. The molecule has 0 fully saturated rings. The third-order valence-electron chi connectivity index (χ3n) is 2.49. The first-order chi connectivity index (χ1) is 9.20. The fourth-order valence-corrected chi connectivity index (χ4v) is 1.81. The summed E-state index contributed by atoms with van der Waals surface area (Å²) >= 11 is 5.51. The predicted molar refractivity (Wildman–Crippen MR) is 66.5 cm³/mol. The second-order valence-corrected chi connectivity index (χ2v) is 4.30. The van der Waals surface area contributed by atoms with Gasteiger partial charge in [0.25, 0.3) is 5.91 Å². The molecule has 5 nitrogen and oxygen atoms in total. The molecule has 106 valence electrons. The van der Waals surface area contributed by atoms with Crippen LogP contribution in [-0.2, 0) is 6.18 Å². The number of hydrogen-bond acceptors (Lipinski definition) is 3. The number of primary amides is 1. The van der Waals surface area contributed by atoms with E-state index in [1.54, 1.807) is 0 Å². The standard InChI is InChI=1S/C11H8ClF3N4O/c12-7-2-1-5(3-6(7)11(13,14)15)19-9(16)4-8(18-19)10(17)20/h1-4H,16H2,(H2,17,20). The average molecular weight is 305 g/mol. The van der Waals surface area contributed by atoms with Crippen LogP contribution in [0, 0.1) is 0 Å². The van der Waals surface area contributed by atoms with E-state index >= 15 is 0 Å².